The maximum Gasteiger partial charge on any atom is 0.131 e. The lowest BCUT2D eigenvalue weighted by atomic mass is 10.2. The molecular formula is C15H15N3O. The summed E-state index contributed by atoms with van der Waals surface area (Å²) in [7, 11) is 1.67. The Kier molecular flexibility index (Phi) is 4.11. The van der Waals surface area contributed by atoms with E-state index in [0.717, 1.165) is 16.9 Å². The summed E-state index contributed by atoms with van der Waals surface area (Å²) in [6.45, 7) is 2.44. The summed E-state index contributed by atoms with van der Waals surface area (Å²) in [4.78, 5) is 4.36. The first-order chi connectivity index (χ1) is 9.21. The molecule has 4 nitrogen and oxygen atoms in total. The van der Waals surface area contributed by atoms with E-state index < -0.39 is 0 Å². The highest BCUT2D eigenvalue weighted by Crippen LogP contribution is 2.18. The van der Waals surface area contributed by atoms with Crippen LogP contribution in [0, 0.1) is 18.3 Å². The lowest BCUT2D eigenvalue weighted by molar-refractivity contribution is 0.185. The van der Waals surface area contributed by atoms with Crippen LogP contribution in [0.5, 0.6) is 0 Å². The first kappa shape index (κ1) is 13.1. The average Bonchev–Trinajstić information content (AvgIpc) is 2.39. The van der Waals surface area contributed by atoms with Crippen LogP contribution in [-0.2, 0) is 11.3 Å². The van der Waals surface area contributed by atoms with Crippen LogP contribution >= 0.6 is 0 Å². The molecule has 0 amide bonds. The number of nitriles is 1. The predicted octanol–water partition coefficient (Wildman–Crippen LogP) is 3.15. The molecule has 1 aromatic carbocycles. The van der Waals surface area contributed by atoms with Gasteiger partial charge in [-0.1, -0.05) is 12.1 Å². The minimum absolute atomic E-state index is 0.570. The van der Waals surface area contributed by atoms with Gasteiger partial charge in [0, 0.05) is 18.5 Å². The molecule has 2 aromatic rings. The Morgan fingerprint density at radius 2 is 2.16 bits per heavy atom. The SMILES string of the molecule is COCc1cccc(Nc2cc(C#N)cc(C)n2)c1. The molecule has 0 aliphatic carbocycles. The molecule has 0 spiro atoms. The molecule has 4 heteroatoms. The molecule has 0 radical (unpaired) electrons. The number of aryl methyl sites for hydroxylation is 1. The maximum atomic E-state index is 8.94. The third-order valence-corrected chi connectivity index (χ3v) is 2.59. The van der Waals surface area contributed by atoms with E-state index in [1.54, 1.807) is 19.2 Å². The van der Waals surface area contributed by atoms with Gasteiger partial charge in [0.15, 0.2) is 0 Å². The van der Waals surface area contributed by atoms with Crippen LogP contribution in [0.2, 0.25) is 0 Å². The van der Waals surface area contributed by atoms with Crippen LogP contribution < -0.4 is 5.32 Å². The number of pyridine rings is 1. The zero-order valence-corrected chi connectivity index (χ0v) is 11.0. The first-order valence-electron chi connectivity index (χ1n) is 5.95. The summed E-state index contributed by atoms with van der Waals surface area (Å²) in [5, 5.41) is 12.1. The van der Waals surface area contributed by atoms with Gasteiger partial charge in [0.25, 0.3) is 0 Å². The normalized spacial score (nSPS) is 9.95. The van der Waals surface area contributed by atoms with Gasteiger partial charge in [0.2, 0.25) is 0 Å². The van der Waals surface area contributed by atoms with E-state index in [1.807, 2.05) is 31.2 Å². The highest BCUT2D eigenvalue weighted by molar-refractivity contribution is 5.58. The molecule has 0 aliphatic rings. The number of ether oxygens (including phenoxy) is 1. The van der Waals surface area contributed by atoms with Gasteiger partial charge in [-0.05, 0) is 36.8 Å². The van der Waals surface area contributed by atoms with E-state index in [0.29, 0.717) is 18.0 Å². The van der Waals surface area contributed by atoms with Crippen molar-refractivity contribution in [1.82, 2.24) is 4.98 Å². The van der Waals surface area contributed by atoms with E-state index in [9.17, 15) is 0 Å². The molecule has 0 saturated carbocycles. The van der Waals surface area contributed by atoms with Crippen LogP contribution in [0.3, 0.4) is 0 Å². The number of anilines is 2. The summed E-state index contributed by atoms with van der Waals surface area (Å²) < 4.78 is 5.10. The van der Waals surface area contributed by atoms with Gasteiger partial charge in [-0.15, -0.1) is 0 Å². The number of hydrogen-bond donors (Lipinski definition) is 1. The molecule has 0 saturated heterocycles. The fourth-order valence-electron chi connectivity index (χ4n) is 1.85. The third-order valence-electron chi connectivity index (χ3n) is 2.59. The predicted molar refractivity (Wildman–Crippen MR) is 74.1 cm³/mol. The van der Waals surface area contributed by atoms with Crippen molar-refractivity contribution < 1.29 is 4.74 Å². The largest absolute Gasteiger partial charge is 0.380 e. The summed E-state index contributed by atoms with van der Waals surface area (Å²) >= 11 is 0. The zero-order valence-electron chi connectivity index (χ0n) is 11.0. The van der Waals surface area contributed by atoms with Crippen molar-refractivity contribution in [1.29, 1.82) is 5.26 Å². The molecule has 19 heavy (non-hydrogen) atoms. The number of benzene rings is 1. The van der Waals surface area contributed by atoms with Crippen LogP contribution in [0.25, 0.3) is 0 Å². The van der Waals surface area contributed by atoms with Gasteiger partial charge < -0.3 is 10.1 Å². The van der Waals surface area contributed by atoms with E-state index in [4.69, 9.17) is 10.00 Å². The Bertz CT molecular complexity index is 617. The van der Waals surface area contributed by atoms with E-state index in [2.05, 4.69) is 16.4 Å². The standard InChI is InChI=1S/C15H15N3O/c1-11-6-13(9-16)8-15(17-11)18-14-5-3-4-12(7-14)10-19-2/h3-8H,10H2,1-2H3,(H,17,18). The van der Waals surface area contributed by atoms with Crippen molar-refractivity contribution in [2.45, 2.75) is 13.5 Å². The molecule has 0 aliphatic heterocycles. The summed E-state index contributed by atoms with van der Waals surface area (Å²) in [6, 6.07) is 13.5. The van der Waals surface area contributed by atoms with E-state index in [1.165, 1.54) is 0 Å². The van der Waals surface area contributed by atoms with Gasteiger partial charge in [0.05, 0.1) is 18.2 Å². The molecular weight excluding hydrogens is 238 g/mol. The van der Waals surface area contributed by atoms with Crippen molar-refractivity contribution in [3.63, 3.8) is 0 Å². The Morgan fingerprint density at radius 3 is 2.89 bits per heavy atom. The van der Waals surface area contributed by atoms with Crippen molar-refractivity contribution in [2.75, 3.05) is 12.4 Å². The van der Waals surface area contributed by atoms with Crippen molar-refractivity contribution in [3.05, 3.63) is 53.2 Å². The number of methoxy groups -OCH3 is 1. The number of nitrogens with one attached hydrogen (secondary N) is 1. The second kappa shape index (κ2) is 5.98. The molecule has 0 atom stereocenters. The molecule has 1 aromatic heterocycles. The highest BCUT2D eigenvalue weighted by atomic mass is 16.5. The summed E-state index contributed by atoms with van der Waals surface area (Å²) in [5.41, 5.74) is 3.43. The molecule has 96 valence electrons. The molecule has 0 bridgehead atoms. The van der Waals surface area contributed by atoms with Crippen LogP contribution in [-0.4, -0.2) is 12.1 Å². The molecule has 0 unspecified atom stereocenters. The maximum absolute atomic E-state index is 8.94. The highest BCUT2D eigenvalue weighted by Gasteiger charge is 2.01. The molecule has 1 N–H and O–H groups in total. The van der Waals surface area contributed by atoms with Gasteiger partial charge in [-0.25, -0.2) is 4.98 Å². The molecule has 2 rings (SSSR count). The summed E-state index contributed by atoms with van der Waals surface area (Å²) in [6.07, 6.45) is 0. The van der Waals surface area contributed by atoms with Crippen molar-refractivity contribution in [2.24, 2.45) is 0 Å². The van der Waals surface area contributed by atoms with Gasteiger partial charge in [0.1, 0.15) is 5.82 Å². The minimum Gasteiger partial charge on any atom is -0.380 e. The van der Waals surface area contributed by atoms with E-state index >= 15 is 0 Å². The molecule has 0 fully saturated rings. The zero-order chi connectivity index (χ0) is 13.7. The minimum atomic E-state index is 0.570. The number of hydrogen-bond acceptors (Lipinski definition) is 4. The van der Waals surface area contributed by atoms with Crippen LogP contribution in [0.1, 0.15) is 16.8 Å². The van der Waals surface area contributed by atoms with Gasteiger partial charge in [-0.2, -0.15) is 5.26 Å². The summed E-state index contributed by atoms with van der Waals surface area (Å²) in [5.74, 6) is 0.672. The Labute approximate surface area is 112 Å². The quantitative estimate of drug-likeness (QED) is 0.909. The first-order valence-corrected chi connectivity index (χ1v) is 5.95. The van der Waals surface area contributed by atoms with E-state index in [-0.39, 0.29) is 0 Å². The van der Waals surface area contributed by atoms with Crippen LogP contribution in [0.15, 0.2) is 36.4 Å². The van der Waals surface area contributed by atoms with Crippen molar-refractivity contribution >= 4 is 11.5 Å². The Hall–Kier alpha value is -2.38. The number of aromatic nitrogens is 1. The topological polar surface area (TPSA) is 57.9 Å². The second-order valence-corrected chi connectivity index (χ2v) is 4.25. The lowest BCUT2D eigenvalue weighted by Gasteiger charge is -2.08. The Morgan fingerprint density at radius 1 is 1.32 bits per heavy atom. The van der Waals surface area contributed by atoms with Crippen LogP contribution in [0.4, 0.5) is 11.5 Å². The van der Waals surface area contributed by atoms with Gasteiger partial charge in [-0.3, -0.25) is 0 Å². The molecule has 1 heterocycles. The third kappa shape index (κ3) is 3.54. The average molecular weight is 253 g/mol. The van der Waals surface area contributed by atoms with Crippen molar-refractivity contribution in [3.8, 4) is 6.07 Å². The second-order valence-electron chi connectivity index (χ2n) is 4.25. The monoisotopic (exact) mass is 253 g/mol. The van der Waals surface area contributed by atoms with Gasteiger partial charge >= 0.3 is 0 Å². The Balaban J connectivity index is 2.23. The number of rotatable bonds is 4. The smallest absolute Gasteiger partial charge is 0.131 e. The fraction of sp³-hybridized carbons (Fsp3) is 0.200. The lowest BCUT2D eigenvalue weighted by Crippen LogP contribution is -1.97. The fourth-order valence-corrected chi connectivity index (χ4v) is 1.85. The number of nitrogens with zero attached hydrogens (tertiary/aromatic N) is 2.